The Morgan fingerprint density at radius 2 is 1.72 bits per heavy atom. The van der Waals surface area contributed by atoms with E-state index in [1.54, 1.807) is 13.1 Å². The lowest BCUT2D eigenvalue weighted by Crippen LogP contribution is -2.07. The van der Waals surface area contributed by atoms with Crippen molar-refractivity contribution in [1.29, 1.82) is 0 Å². The topological polar surface area (TPSA) is 60.5 Å². The Hall–Kier alpha value is -3.08. The minimum absolute atomic E-state index is 0.333. The molecule has 2 aromatic carbocycles. The third-order valence-electron chi connectivity index (χ3n) is 3.72. The van der Waals surface area contributed by atoms with Crippen LogP contribution in [0.15, 0.2) is 54.7 Å². The van der Waals surface area contributed by atoms with E-state index in [9.17, 15) is 4.79 Å². The molecule has 1 N–H and O–H groups in total. The van der Waals surface area contributed by atoms with Gasteiger partial charge in [-0.1, -0.05) is 24.3 Å². The van der Waals surface area contributed by atoms with Crippen molar-refractivity contribution in [3.8, 4) is 5.75 Å². The highest BCUT2D eigenvalue weighted by atomic mass is 16.5. The molecule has 5 heteroatoms. The number of pyridine rings is 1. The van der Waals surface area contributed by atoms with Gasteiger partial charge in [-0.25, -0.2) is 9.78 Å². The summed E-state index contributed by atoms with van der Waals surface area (Å²) in [5.41, 5.74) is 1.36. The van der Waals surface area contributed by atoms with E-state index in [-0.39, 0.29) is 5.97 Å². The number of nitrogens with one attached hydrogen (secondary N) is 1. The lowest BCUT2D eigenvalue weighted by molar-refractivity contribution is 0.0528. The molecule has 25 heavy (non-hydrogen) atoms. The maximum Gasteiger partial charge on any atom is 0.340 e. The number of rotatable bonds is 6. The number of aromatic nitrogens is 1. The molecule has 0 saturated carbocycles. The summed E-state index contributed by atoms with van der Waals surface area (Å²) in [6.07, 6.45) is 1.55. The molecule has 0 radical (unpaired) electrons. The van der Waals surface area contributed by atoms with Crippen molar-refractivity contribution in [2.45, 2.75) is 13.8 Å². The van der Waals surface area contributed by atoms with E-state index >= 15 is 0 Å². The van der Waals surface area contributed by atoms with Crippen LogP contribution in [-0.2, 0) is 4.74 Å². The molecule has 1 heterocycles. The fourth-order valence-corrected chi connectivity index (χ4v) is 2.60. The van der Waals surface area contributed by atoms with Crippen LogP contribution in [0.25, 0.3) is 10.8 Å². The molecular weight excluding hydrogens is 316 g/mol. The minimum Gasteiger partial charge on any atom is -0.494 e. The quantitative estimate of drug-likeness (QED) is 0.669. The highest BCUT2D eigenvalue weighted by Gasteiger charge is 2.14. The van der Waals surface area contributed by atoms with Crippen molar-refractivity contribution in [3.05, 3.63) is 60.3 Å². The average molecular weight is 336 g/mol. The van der Waals surface area contributed by atoms with E-state index < -0.39 is 0 Å². The van der Waals surface area contributed by atoms with Gasteiger partial charge in [0.15, 0.2) is 0 Å². The van der Waals surface area contributed by atoms with E-state index in [0.29, 0.717) is 24.6 Å². The van der Waals surface area contributed by atoms with Crippen molar-refractivity contribution in [3.63, 3.8) is 0 Å². The number of carbonyl (C=O) groups is 1. The number of anilines is 2. The lowest BCUT2D eigenvalue weighted by Gasteiger charge is -2.12. The van der Waals surface area contributed by atoms with Crippen molar-refractivity contribution in [2.24, 2.45) is 0 Å². The summed E-state index contributed by atoms with van der Waals surface area (Å²) in [6.45, 7) is 4.70. The first-order valence-corrected chi connectivity index (χ1v) is 8.27. The van der Waals surface area contributed by atoms with E-state index in [0.717, 1.165) is 22.2 Å². The van der Waals surface area contributed by atoms with Gasteiger partial charge in [0, 0.05) is 22.7 Å². The maximum atomic E-state index is 12.1. The summed E-state index contributed by atoms with van der Waals surface area (Å²) in [6, 6.07) is 15.3. The first-order valence-electron chi connectivity index (χ1n) is 8.27. The largest absolute Gasteiger partial charge is 0.494 e. The highest BCUT2D eigenvalue weighted by Crippen LogP contribution is 2.28. The number of fused-ring (bicyclic) bond motifs is 1. The number of hydrogen-bond acceptors (Lipinski definition) is 5. The Labute approximate surface area is 146 Å². The maximum absolute atomic E-state index is 12.1. The van der Waals surface area contributed by atoms with Gasteiger partial charge in [-0.15, -0.1) is 0 Å². The molecule has 0 aliphatic heterocycles. The molecule has 0 bridgehead atoms. The van der Waals surface area contributed by atoms with E-state index in [1.165, 1.54) is 0 Å². The van der Waals surface area contributed by atoms with Crippen LogP contribution in [0.3, 0.4) is 0 Å². The number of esters is 1. The Morgan fingerprint density at radius 3 is 2.40 bits per heavy atom. The molecule has 128 valence electrons. The third kappa shape index (κ3) is 3.71. The van der Waals surface area contributed by atoms with Crippen molar-refractivity contribution in [1.82, 2.24) is 4.98 Å². The Bertz CT molecular complexity index is 876. The zero-order chi connectivity index (χ0) is 17.6. The van der Waals surface area contributed by atoms with Crippen LogP contribution >= 0.6 is 0 Å². The van der Waals surface area contributed by atoms with Gasteiger partial charge in [0.05, 0.1) is 18.8 Å². The third-order valence-corrected chi connectivity index (χ3v) is 3.72. The fourth-order valence-electron chi connectivity index (χ4n) is 2.60. The molecule has 0 fully saturated rings. The summed E-state index contributed by atoms with van der Waals surface area (Å²) in [7, 11) is 0. The van der Waals surface area contributed by atoms with Gasteiger partial charge < -0.3 is 14.8 Å². The van der Waals surface area contributed by atoms with E-state index in [4.69, 9.17) is 9.47 Å². The van der Waals surface area contributed by atoms with Crippen LogP contribution in [0.4, 0.5) is 11.5 Å². The van der Waals surface area contributed by atoms with Crippen LogP contribution < -0.4 is 10.1 Å². The molecule has 5 nitrogen and oxygen atoms in total. The smallest absolute Gasteiger partial charge is 0.340 e. The van der Waals surface area contributed by atoms with Crippen LogP contribution in [-0.4, -0.2) is 24.2 Å². The van der Waals surface area contributed by atoms with Crippen LogP contribution in [0, 0.1) is 0 Å². The zero-order valence-corrected chi connectivity index (χ0v) is 14.3. The number of benzene rings is 2. The Morgan fingerprint density at radius 1 is 1.00 bits per heavy atom. The monoisotopic (exact) mass is 336 g/mol. The number of ether oxygens (including phenoxy) is 2. The normalized spacial score (nSPS) is 10.5. The van der Waals surface area contributed by atoms with Gasteiger partial charge >= 0.3 is 5.97 Å². The van der Waals surface area contributed by atoms with E-state index in [2.05, 4.69) is 10.3 Å². The second kappa shape index (κ2) is 7.66. The van der Waals surface area contributed by atoms with Gasteiger partial charge in [0.2, 0.25) is 0 Å². The van der Waals surface area contributed by atoms with Crippen LogP contribution in [0.2, 0.25) is 0 Å². The van der Waals surface area contributed by atoms with Crippen molar-refractivity contribution in [2.75, 3.05) is 18.5 Å². The minimum atomic E-state index is -0.362. The van der Waals surface area contributed by atoms with Gasteiger partial charge in [0.1, 0.15) is 11.6 Å². The summed E-state index contributed by atoms with van der Waals surface area (Å²) >= 11 is 0. The van der Waals surface area contributed by atoms with Gasteiger partial charge in [-0.3, -0.25) is 0 Å². The van der Waals surface area contributed by atoms with E-state index in [1.807, 2.05) is 55.5 Å². The zero-order valence-electron chi connectivity index (χ0n) is 14.3. The predicted molar refractivity (Wildman–Crippen MR) is 98.6 cm³/mol. The second-order valence-electron chi connectivity index (χ2n) is 5.37. The van der Waals surface area contributed by atoms with Crippen LogP contribution in [0.1, 0.15) is 24.2 Å². The first kappa shape index (κ1) is 16.8. The molecule has 0 unspecified atom stereocenters. The molecule has 0 aliphatic rings. The molecule has 3 aromatic rings. The summed E-state index contributed by atoms with van der Waals surface area (Å²) in [5.74, 6) is 1.15. The molecule has 0 aliphatic carbocycles. The molecule has 0 amide bonds. The molecule has 0 spiro atoms. The average Bonchev–Trinajstić information content (AvgIpc) is 2.64. The van der Waals surface area contributed by atoms with Crippen LogP contribution in [0.5, 0.6) is 5.75 Å². The van der Waals surface area contributed by atoms with Gasteiger partial charge in [-0.2, -0.15) is 0 Å². The van der Waals surface area contributed by atoms with Gasteiger partial charge in [-0.05, 0) is 38.1 Å². The SMILES string of the molecule is CCOC(=O)c1cnc(Nc2ccc(OCC)cc2)c2ccccc12. The molecule has 0 saturated heterocycles. The second-order valence-corrected chi connectivity index (χ2v) is 5.37. The fraction of sp³-hybridized carbons (Fsp3) is 0.200. The number of hydrogen-bond donors (Lipinski definition) is 1. The highest BCUT2D eigenvalue weighted by molar-refractivity contribution is 6.07. The van der Waals surface area contributed by atoms with Crippen molar-refractivity contribution < 1.29 is 14.3 Å². The number of carbonyl (C=O) groups excluding carboxylic acids is 1. The lowest BCUT2D eigenvalue weighted by atomic mass is 10.1. The Kier molecular flexibility index (Phi) is 5.14. The van der Waals surface area contributed by atoms with Crippen molar-refractivity contribution >= 4 is 28.2 Å². The standard InChI is InChI=1S/C20H20N2O3/c1-3-24-15-11-9-14(10-12-15)22-19-17-8-6-5-7-16(17)18(13-21-19)20(23)25-4-2/h5-13H,3-4H2,1-2H3,(H,21,22). The molecular formula is C20H20N2O3. The molecule has 0 atom stereocenters. The molecule has 1 aromatic heterocycles. The number of nitrogens with zero attached hydrogens (tertiary/aromatic N) is 1. The van der Waals surface area contributed by atoms with Gasteiger partial charge in [0.25, 0.3) is 0 Å². The molecule has 3 rings (SSSR count). The first-order chi connectivity index (χ1) is 12.2. The summed E-state index contributed by atoms with van der Waals surface area (Å²) in [4.78, 5) is 16.6. The Balaban J connectivity index is 1.94. The summed E-state index contributed by atoms with van der Waals surface area (Å²) in [5, 5.41) is 4.97. The predicted octanol–water partition coefficient (Wildman–Crippen LogP) is 4.55. The summed E-state index contributed by atoms with van der Waals surface area (Å²) < 4.78 is 10.6.